The van der Waals surface area contributed by atoms with Crippen LogP contribution in [-0.4, -0.2) is 23.0 Å². The van der Waals surface area contributed by atoms with Crippen molar-refractivity contribution in [1.29, 1.82) is 0 Å². The molecule has 4 heteroatoms. The van der Waals surface area contributed by atoms with E-state index in [4.69, 9.17) is 5.11 Å². The average Bonchev–Trinajstić information content (AvgIpc) is 2.80. The summed E-state index contributed by atoms with van der Waals surface area (Å²) in [7, 11) is 0. The predicted octanol–water partition coefficient (Wildman–Crippen LogP) is 1.26. The minimum absolute atomic E-state index is 0.0408. The van der Waals surface area contributed by atoms with Crippen molar-refractivity contribution in [2.45, 2.75) is 39.7 Å². The van der Waals surface area contributed by atoms with Crippen LogP contribution in [-0.2, 0) is 9.59 Å². The molecular weight excluding hydrogens is 194 g/mol. The van der Waals surface area contributed by atoms with Crippen LogP contribution in [0.2, 0.25) is 0 Å². The smallest absolute Gasteiger partial charge is 0.326 e. The van der Waals surface area contributed by atoms with Crippen molar-refractivity contribution in [3.05, 3.63) is 0 Å². The maximum atomic E-state index is 11.5. The second kappa shape index (κ2) is 4.64. The predicted molar refractivity (Wildman–Crippen MR) is 56.3 cm³/mol. The molecule has 3 atom stereocenters. The normalized spacial score (nSPS) is 26.1. The van der Waals surface area contributed by atoms with Gasteiger partial charge >= 0.3 is 5.97 Å². The largest absolute Gasteiger partial charge is 0.480 e. The van der Waals surface area contributed by atoms with Crippen molar-refractivity contribution in [1.82, 2.24) is 5.32 Å². The Morgan fingerprint density at radius 2 is 2.00 bits per heavy atom. The lowest BCUT2D eigenvalue weighted by Crippen LogP contribution is -2.42. The van der Waals surface area contributed by atoms with E-state index in [-0.39, 0.29) is 17.7 Å². The molecule has 0 aromatic rings. The Morgan fingerprint density at radius 1 is 1.47 bits per heavy atom. The fraction of sp³-hybridized carbons (Fsp3) is 0.818. The van der Waals surface area contributed by atoms with E-state index >= 15 is 0 Å². The van der Waals surface area contributed by atoms with Gasteiger partial charge in [-0.2, -0.15) is 0 Å². The maximum absolute atomic E-state index is 11.5. The number of hydrogen-bond acceptors (Lipinski definition) is 2. The first-order valence-corrected chi connectivity index (χ1v) is 5.45. The van der Waals surface area contributed by atoms with Gasteiger partial charge in [-0.3, -0.25) is 4.79 Å². The molecule has 1 aliphatic carbocycles. The molecule has 0 aliphatic heterocycles. The average molecular weight is 213 g/mol. The van der Waals surface area contributed by atoms with Crippen LogP contribution < -0.4 is 5.32 Å². The summed E-state index contributed by atoms with van der Waals surface area (Å²) >= 11 is 0. The minimum Gasteiger partial charge on any atom is -0.480 e. The molecular formula is C11H19NO3. The van der Waals surface area contributed by atoms with Crippen molar-refractivity contribution in [2.75, 3.05) is 0 Å². The molecule has 0 aromatic carbocycles. The standard InChI is InChI=1S/C11H19NO3/c1-6(2)4-9(11(14)15)12-10(13)8-5-7(8)3/h6-9H,4-5H2,1-3H3,(H,12,13)(H,14,15). The molecule has 3 unspecified atom stereocenters. The number of rotatable bonds is 5. The van der Waals surface area contributed by atoms with Crippen LogP contribution in [0.5, 0.6) is 0 Å². The van der Waals surface area contributed by atoms with Gasteiger partial charge in [0, 0.05) is 5.92 Å². The Morgan fingerprint density at radius 3 is 2.33 bits per heavy atom. The molecule has 15 heavy (non-hydrogen) atoms. The van der Waals surface area contributed by atoms with E-state index < -0.39 is 12.0 Å². The molecule has 0 heterocycles. The van der Waals surface area contributed by atoms with Gasteiger partial charge in [-0.05, 0) is 24.7 Å². The highest BCUT2D eigenvalue weighted by Crippen LogP contribution is 2.37. The number of nitrogens with one attached hydrogen (secondary N) is 1. The molecule has 0 radical (unpaired) electrons. The zero-order chi connectivity index (χ0) is 11.6. The molecule has 2 N–H and O–H groups in total. The van der Waals surface area contributed by atoms with E-state index in [0.29, 0.717) is 12.3 Å². The molecule has 0 saturated heterocycles. The monoisotopic (exact) mass is 213 g/mol. The van der Waals surface area contributed by atoms with Crippen molar-refractivity contribution in [3.63, 3.8) is 0 Å². The second-order valence-corrected chi connectivity index (χ2v) is 4.85. The Kier molecular flexibility index (Phi) is 3.72. The first-order chi connectivity index (χ1) is 6.91. The quantitative estimate of drug-likeness (QED) is 0.722. The first kappa shape index (κ1) is 12.0. The number of carboxylic acid groups (broad SMARTS) is 1. The summed E-state index contributed by atoms with van der Waals surface area (Å²) in [5.74, 6) is -0.318. The maximum Gasteiger partial charge on any atom is 0.326 e. The Bertz CT molecular complexity index is 263. The van der Waals surface area contributed by atoms with Crippen LogP contribution in [0.4, 0.5) is 0 Å². The van der Waals surface area contributed by atoms with E-state index in [0.717, 1.165) is 6.42 Å². The number of carbonyl (C=O) groups excluding carboxylic acids is 1. The number of hydrogen-bond donors (Lipinski definition) is 2. The summed E-state index contributed by atoms with van der Waals surface area (Å²) in [6, 6.07) is -0.731. The second-order valence-electron chi connectivity index (χ2n) is 4.85. The molecule has 0 bridgehead atoms. The number of aliphatic carboxylic acids is 1. The third kappa shape index (κ3) is 3.53. The topological polar surface area (TPSA) is 66.4 Å². The van der Waals surface area contributed by atoms with Gasteiger partial charge in [0.05, 0.1) is 0 Å². The number of carbonyl (C=O) groups is 2. The zero-order valence-corrected chi connectivity index (χ0v) is 9.49. The Hall–Kier alpha value is -1.06. The first-order valence-electron chi connectivity index (χ1n) is 5.45. The summed E-state index contributed by atoms with van der Waals surface area (Å²) in [6.07, 6.45) is 1.38. The summed E-state index contributed by atoms with van der Waals surface area (Å²) in [4.78, 5) is 22.4. The summed E-state index contributed by atoms with van der Waals surface area (Å²) in [6.45, 7) is 5.89. The molecule has 1 fully saturated rings. The Balaban J connectivity index is 2.43. The van der Waals surface area contributed by atoms with Gasteiger partial charge in [-0.15, -0.1) is 0 Å². The van der Waals surface area contributed by atoms with Crippen LogP contribution in [0.15, 0.2) is 0 Å². The van der Waals surface area contributed by atoms with Crippen molar-refractivity contribution >= 4 is 11.9 Å². The summed E-state index contributed by atoms with van der Waals surface area (Å²) in [5.41, 5.74) is 0. The van der Waals surface area contributed by atoms with E-state index in [1.54, 1.807) is 0 Å². The number of amides is 1. The minimum atomic E-state index is -0.939. The van der Waals surface area contributed by atoms with Crippen LogP contribution in [0, 0.1) is 17.8 Å². The van der Waals surface area contributed by atoms with Gasteiger partial charge in [0.15, 0.2) is 0 Å². The van der Waals surface area contributed by atoms with Crippen LogP contribution in [0.25, 0.3) is 0 Å². The lowest BCUT2D eigenvalue weighted by molar-refractivity contribution is -0.142. The van der Waals surface area contributed by atoms with Gasteiger partial charge in [0.2, 0.25) is 5.91 Å². The van der Waals surface area contributed by atoms with Crippen molar-refractivity contribution in [2.24, 2.45) is 17.8 Å². The summed E-state index contributed by atoms with van der Waals surface area (Å²) < 4.78 is 0. The molecule has 4 nitrogen and oxygen atoms in total. The molecule has 1 saturated carbocycles. The fourth-order valence-electron chi connectivity index (χ4n) is 1.66. The lowest BCUT2D eigenvalue weighted by atomic mass is 10.0. The molecule has 0 aromatic heterocycles. The van der Waals surface area contributed by atoms with Gasteiger partial charge in [-0.1, -0.05) is 20.8 Å². The van der Waals surface area contributed by atoms with Gasteiger partial charge in [-0.25, -0.2) is 4.79 Å². The van der Waals surface area contributed by atoms with Gasteiger partial charge in [0.25, 0.3) is 0 Å². The summed E-state index contributed by atoms with van der Waals surface area (Å²) in [5, 5.41) is 11.5. The highest BCUT2D eigenvalue weighted by Gasteiger charge is 2.40. The SMILES string of the molecule is CC(C)CC(NC(=O)C1CC1C)C(=O)O. The number of carboxylic acids is 1. The van der Waals surface area contributed by atoms with Crippen LogP contribution in [0.3, 0.4) is 0 Å². The van der Waals surface area contributed by atoms with E-state index in [9.17, 15) is 9.59 Å². The van der Waals surface area contributed by atoms with Crippen molar-refractivity contribution in [3.8, 4) is 0 Å². The highest BCUT2D eigenvalue weighted by atomic mass is 16.4. The Labute approximate surface area is 90.0 Å². The van der Waals surface area contributed by atoms with E-state index in [1.165, 1.54) is 0 Å². The van der Waals surface area contributed by atoms with Crippen LogP contribution >= 0.6 is 0 Å². The lowest BCUT2D eigenvalue weighted by Gasteiger charge is -2.16. The molecule has 86 valence electrons. The molecule has 1 aliphatic rings. The molecule has 1 amide bonds. The third-order valence-electron chi connectivity index (χ3n) is 2.77. The van der Waals surface area contributed by atoms with Crippen LogP contribution in [0.1, 0.15) is 33.6 Å². The molecule has 1 rings (SSSR count). The van der Waals surface area contributed by atoms with E-state index in [2.05, 4.69) is 5.32 Å². The third-order valence-corrected chi connectivity index (χ3v) is 2.77. The van der Waals surface area contributed by atoms with E-state index in [1.807, 2.05) is 20.8 Å². The van der Waals surface area contributed by atoms with Crippen molar-refractivity contribution < 1.29 is 14.7 Å². The van der Waals surface area contributed by atoms with Gasteiger partial charge < -0.3 is 10.4 Å². The fourth-order valence-corrected chi connectivity index (χ4v) is 1.66. The van der Waals surface area contributed by atoms with Gasteiger partial charge in [0.1, 0.15) is 6.04 Å². The highest BCUT2D eigenvalue weighted by molar-refractivity contribution is 5.86. The zero-order valence-electron chi connectivity index (χ0n) is 9.49. The molecule has 0 spiro atoms.